The number of aromatic nitrogens is 4. The van der Waals surface area contributed by atoms with E-state index in [1.807, 2.05) is 0 Å². The van der Waals surface area contributed by atoms with Crippen LogP contribution in [0.5, 0.6) is 0 Å². The molecular formula is C15H14F2N6O2S. The monoisotopic (exact) mass is 380 g/mol. The van der Waals surface area contributed by atoms with E-state index < -0.39 is 21.7 Å². The fourth-order valence-corrected chi connectivity index (χ4v) is 3.06. The van der Waals surface area contributed by atoms with Gasteiger partial charge in [0.1, 0.15) is 22.9 Å². The first-order valence-corrected chi connectivity index (χ1v) is 8.84. The summed E-state index contributed by atoms with van der Waals surface area (Å²) in [6, 6.07) is 5.55. The molecule has 136 valence electrons. The third-order valence-electron chi connectivity index (χ3n) is 3.45. The van der Waals surface area contributed by atoms with Crippen LogP contribution in [0, 0.1) is 11.6 Å². The average Bonchev–Trinajstić information content (AvgIpc) is 3.01. The highest BCUT2D eigenvalue weighted by molar-refractivity contribution is 7.92. The Hall–Kier alpha value is -3.08. The van der Waals surface area contributed by atoms with Gasteiger partial charge in [0, 0.05) is 19.3 Å². The molecule has 0 spiro atoms. The fraction of sp³-hybridized carbons (Fsp3) is 0.133. The largest absolute Gasteiger partial charge is 0.363 e. The predicted octanol–water partition coefficient (Wildman–Crippen LogP) is 1.90. The number of nitrogens with one attached hydrogen (secondary N) is 2. The maximum Gasteiger partial charge on any atom is 0.263 e. The molecule has 0 aliphatic rings. The molecule has 0 saturated carbocycles. The van der Waals surface area contributed by atoms with Crippen LogP contribution in [0.3, 0.4) is 0 Å². The van der Waals surface area contributed by atoms with Gasteiger partial charge in [0.2, 0.25) is 0 Å². The molecule has 0 saturated heterocycles. The third kappa shape index (κ3) is 3.94. The molecule has 3 rings (SSSR count). The second kappa shape index (κ2) is 7.04. The lowest BCUT2D eigenvalue weighted by Crippen LogP contribution is -2.14. The summed E-state index contributed by atoms with van der Waals surface area (Å²) in [7, 11) is -2.23. The van der Waals surface area contributed by atoms with Crippen molar-refractivity contribution in [2.75, 3.05) is 10.0 Å². The molecule has 0 bridgehead atoms. The molecule has 0 aliphatic carbocycles. The Balaban J connectivity index is 1.70. The van der Waals surface area contributed by atoms with Gasteiger partial charge in [-0.3, -0.25) is 9.40 Å². The molecular weight excluding hydrogens is 366 g/mol. The Bertz CT molecular complexity index is 1020. The Labute approximate surface area is 148 Å². The van der Waals surface area contributed by atoms with E-state index in [9.17, 15) is 17.2 Å². The quantitative estimate of drug-likeness (QED) is 0.677. The van der Waals surface area contributed by atoms with E-state index in [-0.39, 0.29) is 10.6 Å². The Morgan fingerprint density at radius 3 is 2.54 bits per heavy atom. The van der Waals surface area contributed by atoms with E-state index in [1.54, 1.807) is 11.7 Å². The number of halogens is 2. The van der Waals surface area contributed by atoms with Crippen LogP contribution in [0.15, 0.2) is 47.8 Å². The van der Waals surface area contributed by atoms with Gasteiger partial charge in [-0.1, -0.05) is 0 Å². The predicted molar refractivity (Wildman–Crippen MR) is 89.7 cm³/mol. The van der Waals surface area contributed by atoms with Crippen LogP contribution in [0.4, 0.5) is 20.3 Å². The van der Waals surface area contributed by atoms with E-state index >= 15 is 0 Å². The molecule has 1 aromatic carbocycles. The molecule has 0 atom stereocenters. The molecule has 2 aromatic heterocycles. The zero-order valence-corrected chi connectivity index (χ0v) is 14.3. The molecule has 0 aliphatic heterocycles. The minimum absolute atomic E-state index is 0.0895. The van der Waals surface area contributed by atoms with Gasteiger partial charge in [-0.05, 0) is 24.3 Å². The number of anilines is 2. The molecule has 26 heavy (non-hydrogen) atoms. The smallest absolute Gasteiger partial charge is 0.263 e. The number of hydrogen-bond acceptors (Lipinski definition) is 6. The standard InChI is InChI=1S/C15H14F2N6O2S/c1-23-15(20-9-21-23)8-19-14-5-3-11(7-18-14)26(24,25)22-10-2-4-12(16)13(17)6-10/h2-7,9,22H,8H2,1H3,(H,18,19). The second-order valence-corrected chi connectivity index (χ2v) is 6.95. The van der Waals surface area contributed by atoms with Crippen LogP contribution in [-0.4, -0.2) is 28.2 Å². The van der Waals surface area contributed by atoms with Crippen LogP contribution in [0.25, 0.3) is 0 Å². The van der Waals surface area contributed by atoms with E-state index in [2.05, 4.69) is 25.1 Å². The highest BCUT2D eigenvalue weighted by Crippen LogP contribution is 2.18. The van der Waals surface area contributed by atoms with Crippen LogP contribution < -0.4 is 10.0 Å². The minimum atomic E-state index is -3.98. The van der Waals surface area contributed by atoms with Gasteiger partial charge < -0.3 is 5.32 Å². The van der Waals surface area contributed by atoms with Crippen molar-refractivity contribution in [2.24, 2.45) is 7.05 Å². The van der Waals surface area contributed by atoms with Gasteiger partial charge in [-0.2, -0.15) is 5.10 Å². The number of aryl methyl sites for hydroxylation is 1. The van der Waals surface area contributed by atoms with Crippen molar-refractivity contribution < 1.29 is 17.2 Å². The van der Waals surface area contributed by atoms with Gasteiger partial charge in [-0.25, -0.2) is 27.2 Å². The van der Waals surface area contributed by atoms with E-state index in [0.717, 1.165) is 24.4 Å². The maximum atomic E-state index is 13.2. The summed E-state index contributed by atoms with van der Waals surface area (Å²) in [4.78, 5) is 7.95. The molecule has 3 aromatic rings. The van der Waals surface area contributed by atoms with Gasteiger partial charge in [0.05, 0.1) is 12.2 Å². The first-order valence-electron chi connectivity index (χ1n) is 7.36. The molecule has 2 N–H and O–H groups in total. The summed E-state index contributed by atoms with van der Waals surface area (Å²) < 4.78 is 54.5. The Morgan fingerprint density at radius 1 is 1.12 bits per heavy atom. The molecule has 0 fully saturated rings. The van der Waals surface area contributed by atoms with Crippen LogP contribution >= 0.6 is 0 Å². The third-order valence-corrected chi connectivity index (χ3v) is 4.82. The van der Waals surface area contributed by atoms with Gasteiger partial charge >= 0.3 is 0 Å². The fourth-order valence-electron chi connectivity index (χ4n) is 2.07. The van der Waals surface area contributed by atoms with Gasteiger partial charge in [-0.15, -0.1) is 0 Å². The summed E-state index contributed by atoms with van der Waals surface area (Å²) in [5, 5.41) is 6.92. The Morgan fingerprint density at radius 2 is 1.92 bits per heavy atom. The van der Waals surface area contributed by atoms with Crippen molar-refractivity contribution in [3.63, 3.8) is 0 Å². The van der Waals surface area contributed by atoms with E-state index in [4.69, 9.17) is 0 Å². The molecule has 0 radical (unpaired) electrons. The molecule has 11 heteroatoms. The number of nitrogens with zero attached hydrogens (tertiary/aromatic N) is 4. The van der Waals surface area contributed by atoms with Crippen molar-refractivity contribution >= 4 is 21.5 Å². The number of sulfonamides is 1. The van der Waals surface area contributed by atoms with Crippen molar-refractivity contribution in [2.45, 2.75) is 11.4 Å². The average molecular weight is 380 g/mol. The SMILES string of the molecule is Cn1ncnc1CNc1ccc(S(=O)(=O)Nc2ccc(F)c(F)c2)cn1. The lowest BCUT2D eigenvalue weighted by molar-refractivity contribution is 0.509. The first-order chi connectivity index (χ1) is 12.3. The molecule has 2 heterocycles. The van der Waals surface area contributed by atoms with Crippen molar-refractivity contribution in [3.05, 3.63) is 60.3 Å². The van der Waals surface area contributed by atoms with Crippen LogP contribution in [0.1, 0.15) is 5.82 Å². The second-order valence-electron chi connectivity index (χ2n) is 5.27. The highest BCUT2D eigenvalue weighted by atomic mass is 32.2. The Kier molecular flexibility index (Phi) is 4.80. The summed E-state index contributed by atoms with van der Waals surface area (Å²) in [6.45, 7) is 0.364. The zero-order valence-electron chi connectivity index (χ0n) is 13.5. The molecule has 0 unspecified atom stereocenters. The summed E-state index contributed by atoms with van der Waals surface area (Å²) in [5.41, 5.74) is -0.0895. The molecule has 0 amide bonds. The highest BCUT2D eigenvalue weighted by Gasteiger charge is 2.16. The number of pyridine rings is 1. The number of benzene rings is 1. The maximum absolute atomic E-state index is 13.2. The van der Waals surface area contributed by atoms with E-state index in [1.165, 1.54) is 18.5 Å². The first kappa shape index (κ1) is 17.7. The zero-order chi connectivity index (χ0) is 18.7. The van der Waals surface area contributed by atoms with Crippen LogP contribution in [-0.2, 0) is 23.6 Å². The number of rotatable bonds is 6. The lowest BCUT2D eigenvalue weighted by Gasteiger charge is -2.09. The minimum Gasteiger partial charge on any atom is -0.363 e. The van der Waals surface area contributed by atoms with Crippen molar-refractivity contribution in [3.8, 4) is 0 Å². The topological polar surface area (TPSA) is 102 Å². The van der Waals surface area contributed by atoms with Gasteiger partial charge in [0.15, 0.2) is 11.6 Å². The van der Waals surface area contributed by atoms with Crippen molar-refractivity contribution in [1.29, 1.82) is 0 Å². The molecule has 8 nitrogen and oxygen atoms in total. The number of hydrogen-bond donors (Lipinski definition) is 2. The van der Waals surface area contributed by atoms with Gasteiger partial charge in [0.25, 0.3) is 10.0 Å². The van der Waals surface area contributed by atoms with E-state index in [0.29, 0.717) is 18.2 Å². The van der Waals surface area contributed by atoms with Crippen molar-refractivity contribution in [1.82, 2.24) is 19.7 Å². The summed E-state index contributed by atoms with van der Waals surface area (Å²) in [6.07, 6.45) is 2.57. The summed E-state index contributed by atoms with van der Waals surface area (Å²) in [5.74, 6) is -1.08. The normalized spacial score (nSPS) is 11.3. The summed E-state index contributed by atoms with van der Waals surface area (Å²) >= 11 is 0. The lowest BCUT2D eigenvalue weighted by atomic mass is 10.3. The van der Waals surface area contributed by atoms with Crippen LogP contribution in [0.2, 0.25) is 0 Å².